The van der Waals surface area contributed by atoms with Crippen molar-refractivity contribution in [2.24, 2.45) is 0 Å². The van der Waals surface area contributed by atoms with Gasteiger partial charge in [0, 0.05) is 10.6 Å². The second-order valence-corrected chi connectivity index (χ2v) is 10.1. The minimum absolute atomic E-state index is 0.103. The van der Waals surface area contributed by atoms with Crippen LogP contribution in [0.25, 0.3) is 0 Å². The maximum Gasteiger partial charge on any atom is 0.264 e. The zero-order chi connectivity index (χ0) is 19.7. The second kappa shape index (κ2) is 7.64. The van der Waals surface area contributed by atoms with Gasteiger partial charge >= 0.3 is 0 Å². The van der Waals surface area contributed by atoms with Crippen molar-refractivity contribution in [2.75, 3.05) is 10.1 Å². The van der Waals surface area contributed by atoms with Gasteiger partial charge in [-0.2, -0.15) is 0 Å². The number of rotatable bonds is 5. The maximum absolute atomic E-state index is 13.5. The molecule has 0 bridgehead atoms. The van der Waals surface area contributed by atoms with Gasteiger partial charge in [0.25, 0.3) is 10.0 Å². The number of sulfonamides is 1. The van der Waals surface area contributed by atoms with Crippen LogP contribution in [0.1, 0.15) is 16.7 Å². The third-order valence-corrected chi connectivity index (χ3v) is 8.32. The Morgan fingerprint density at radius 3 is 2.36 bits per heavy atom. The molecule has 1 atom stereocenters. The van der Waals surface area contributed by atoms with Gasteiger partial charge in [-0.1, -0.05) is 54.1 Å². The number of aryl methyl sites for hydroxylation is 2. The molecule has 144 valence electrons. The minimum Gasteiger partial charge on any atom is -0.262 e. The Bertz CT molecular complexity index is 1090. The summed E-state index contributed by atoms with van der Waals surface area (Å²) in [5.74, 6) is 0.713. The third-order valence-electron chi connectivity index (χ3n) is 5.12. The molecule has 1 aliphatic rings. The Morgan fingerprint density at radius 1 is 0.929 bits per heavy atom. The van der Waals surface area contributed by atoms with E-state index in [-0.39, 0.29) is 6.04 Å². The van der Waals surface area contributed by atoms with Crippen molar-refractivity contribution in [1.82, 2.24) is 0 Å². The zero-order valence-electron chi connectivity index (χ0n) is 16.0. The smallest absolute Gasteiger partial charge is 0.262 e. The van der Waals surface area contributed by atoms with Crippen LogP contribution < -0.4 is 4.31 Å². The number of fused-ring (bicyclic) bond motifs is 1. The van der Waals surface area contributed by atoms with Crippen LogP contribution in [0.3, 0.4) is 0 Å². The van der Waals surface area contributed by atoms with Crippen LogP contribution in [-0.2, 0) is 16.4 Å². The standard InChI is InChI=1S/C23H23NO2S2/c1-17-11-13-21(14-12-17)28(25,26)24-20(15-19-8-4-5-9-22(19)24)16-27-23-10-6-3-7-18(23)2/h3-14,20H,15-16H2,1-2H3. The predicted octanol–water partition coefficient (Wildman–Crippen LogP) is 5.22. The molecule has 0 saturated carbocycles. The molecule has 1 aliphatic heterocycles. The molecule has 28 heavy (non-hydrogen) atoms. The van der Waals surface area contributed by atoms with Crippen molar-refractivity contribution < 1.29 is 8.42 Å². The lowest BCUT2D eigenvalue weighted by Gasteiger charge is -2.27. The van der Waals surface area contributed by atoms with Crippen LogP contribution in [0.15, 0.2) is 82.6 Å². The molecular formula is C23H23NO2S2. The number of hydrogen-bond acceptors (Lipinski definition) is 3. The van der Waals surface area contributed by atoms with E-state index in [1.807, 2.05) is 55.5 Å². The van der Waals surface area contributed by atoms with Gasteiger partial charge < -0.3 is 0 Å². The highest BCUT2D eigenvalue weighted by molar-refractivity contribution is 7.99. The topological polar surface area (TPSA) is 37.4 Å². The molecule has 0 fully saturated rings. The lowest BCUT2D eigenvalue weighted by atomic mass is 10.1. The predicted molar refractivity (Wildman–Crippen MR) is 117 cm³/mol. The average Bonchev–Trinajstić information content (AvgIpc) is 3.07. The van der Waals surface area contributed by atoms with Crippen molar-refractivity contribution in [2.45, 2.75) is 36.1 Å². The van der Waals surface area contributed by atoms with Crippen LogP contribution in [0.4, 0.5) is 5.69 Å². The monoisotopic (exact) mass is 409 g/mol. The summed E-state index contributed by atoms with van der Waals surface area (Å²) in [6.45, 7) is 4.05. The fourth-order valence-electron chi connectivity index (χ4n) is 3.61. The molecule has 4 rings (SSSR count). The quantitative estimate of drug-likeness (QED) is 0.543. The molecule has 0 aromatic heterocycles. The van der Waals surface area contributed by atoms with Crippen LogP contribution >= 0.6 is 11.8 Å². The first-order valence-electron chi connectivity index (χ1n) is 9.34. The van der Waals surface area contributed by atoms with Crippen molar-refractivity contribution in [3.8, 4) is 0 Å². The summed E-state index contributed by atoms with van der Waals surface area (Å²) in [6, 6.07) is 23.1. The Hall–Kier alpha value is -2.24. The van der Waals surface area contributed by atoms with E-state index in [2.05, 4.69) is 19.1 Å². The number of thioether (sulfide) groups is 1. The normalized spacial score (nSPS) is 16.2. The molecule has 0 amide bonds. The van der Waals surface area contributed by atoms with E-state index in [4.69, 9.17) is 0 Å². The lowest BCUT2D eigenvalue weighted by molar-refractivity contribution is 0.585. The van der Waals surface area contributed by atoms with Crippen molar-refractivity contribution in [1.29, 1.82) is 0 Å². The summed E-state index contributed by atoms with van der Waals surface area (Å²) in [5, 5.41) is 0. The maximum atomic E-state index is 13.5. The minimum atomic E-state index is -3.61. The van der Waals surface area contributed by atoms with Gasteiger partial charge in [0.05, 0.1) is 16.6 Å². The first-order valence-corrected chi connectivity index (χ1v) is 11.8. The van der Waals surface area contributed by atoms with E-state index in [9.17, 15) is 8.42 Å². The van der Waals surface area contributed by atoms with Crippen LogP contribution in [0, 0.1) is 13.8 Å². The molecule has 3 aromatic rings. The number of anilines is 1. The number of hydrogen-bond donors (Lipinski definition) is 0. The van der Waals surface area contributed by atoms with Gasteiger partial charge in [-0.3, -0.25) is 4.31 Å². The van der Waals surface area contributed by atoms with E-state index in [0.717, 1.165) is 23.2 Å². The van der Waals surface area contributed by atoms with Crippen LogP contribution in [-0.4, -0.2) is 20.2 Å². The SMILES string of the molecule is Cc1ccc(S(=O)(=O)N2c3ccccc3CC2CSc2ccccc2C)cc1. The van der Waals surface area contributed by atoms with Crippen molar-refractivity contribution in [3.05, 3.63) is 89.5 Å². The fraction of sp³-hybridized carbons (Fsp3) is 0.217. The molecule has 1 unspecified atom stereocenters. The summed E-state index contributed by atoms with van der Waals surface area (Å²) in [7, 11) is -3.61. The van der Waals surface area contributed by atoms with E-state index >= 15 is 0 Å². The zero-order valence-corrected chi connectivity index (χ0v) is 17.6. The van der Waals surface area contributed by atoms with Gasteiger partial charge in [-0.05, 0) is 55.7 Å². The van der Waals surface area contributed by atoms with Gasteiger partial charge in [0.15, 0.2) is 0 Å². The van der Waals surface area contributed by atoms with E-state index < -0.39 is 10.0 Å². The van der Waals surface area contributed by atoms with E-state index in [1.165, 1.54) is 10.5 Å². The average molecular weight is 410 g/mol. The molecular weight excluding hydrogens is 386 g/mol. The number of benzene rings is 3. The molecule has 5 heteroatoms. The number of para-hydroxylation sites is 1. The highest BCUT2D eigenvalue weighted by Gasteiger charge is 2.38. The Balaban J connectivity index is 1.68. The fourth-order valence-corrected chi connectivity index (χ4v) is 6.50. The van der Waals surface area contributed by atoms with E-state index in [1.54, 1.807) is 28.2 Å². The highest BCUT2D eigenvalue weighted by atomic mass is 32.2. The molecule has 1 heterocycles. The Labute approximate surface area is 171 Å². The molecule has 3 aromatic carbocycles. The summed E-state index contributed by atoms with van der Waals surface area (Å²) < 4.78 is 28.7. The first-order chi connectivity index (χ1) is 13.5. The summed E-state index contributed by atoms with van der Waals surface area (Å²) >= 11 is 1.73. The second-order valence-electron chi connectivity index (χ2n) is 7.18. The van der Waals surface area contributed by atoms with Crippen molar-refractivity contribution >= 4 is 27.5 Å². The van der Waals surface area contributed by atoms with Gasteiger partial charge in [-0.15, -0.1) is 11.8 Å². The Morgan fingerprint density at radius 2 is 1.61 bits per heavy atom. The third kappa shape index (κ3) is 3.56. The van der Waals surface area contributed by atoms with E-state index in [0.29, 0.717) is 10.6 Å². The highest BCUT2D eigenvalue weighted by Crippen LogP contribution is 2.39. The molecule has 0 aliphatic carbocycles. The summed E-state index contributed by atoms with van der Waals surface area (Å²) in [6.07, 6.45) is 0.736. The largest absolute Gasteiger partial charge is 0.264 e. The van der Waals surface area contributed by atoms with Gasteiger partial charge in [0.2, 0.25) is 0 Å². The van der Waals surface area contributed by atoms with Gasteiger partial charge in [0.1, 0.15) is 0 Å². The first kappa shape index (κ1) is 19.1. The molecule has 0 saturated heterocycles. The summed E-state index contributed by atoms with van der Waals surface area (Å²) in [5.41, 5.74) is 4.16. The van der Waals surface area contributed by atoms with Crippen molar-refractivity contribution in [3.63, 3.8) is 0 Å². The molecule has 3 nitrogen and oxygen atoms in total. The Kier molecular flexibility index (Phi) is 5.21. The molecule has 0 N–H and O–H groups in total. The number of nitrogens with zero attached hydrogens (tertiary/aromatic N) is 1. The van der Waals surface area contributed by atoms with Crippen LogP contribution in [0.5, 0.6) is 0 Å². The van der Waals surface area contributed by atoms with Crippen LogP contribution in [0.2, 0.25) is 0 Å². The van der Waals surface area contributed by atoms with Gasteiger partial charge in [-0.25, -0.2) is 8.42 Å². The lowest BCUT2D eigenvalue weighted by Crippen LogP contribution is -2.39. The summed E-state index contributed by atoms with van der Waals surface area (Å²) in [4.78, 5) is 1.55. The molecule has 0 radical (unpaired) electrons. The molecule has 0 spiro atoms.